The Labute approximate surface area is 142 Å². The summed E-state index contributed by atoms with van der Waals surface area (Å²) in [6.45, 7) is -2.38. The molecule has 1 atom stereocenters. The largest absolute Gasteiger partial charge is 0.435 e. The molecule has 0 heterocycles. The van der Waals surface area contributed by atoms with Crippen LogP contribution in [0.15, 0.2) is 42.5 Å². The van der Waals surface area contributed by atoms with Crippen LogP contribution in [0, 0.1) is 11.6 Å². The van der Waals surface area contributed by atoms with Crippen LogP contribution in [0.4, 0.5) is 23.2 Å². The Morgan fingerprint density at radius 1 is 1.16 bits per heavy atom. The number of likely N-dealkylation sites (N-methyl/N-ethyl adjacent to an activating group) is 1. The van der Waals surface area contributed by atoms with E-state index in [9.17, 15) is 22.4 Å². The molecule has 0 radical (unpaired) electrons. The van der Waals surface area contributed by atoms with Gasteiger partial charge in [0, 0.05) is 11.6 Å². The molecule has 2 aromatic carbocycles. The van der Waals surface area contributed by atoms with Crippen LogP contribution in [0.25, 0.3) is 0 Å². The number of carbonyl (C=O) groups is 1. The first kappa shape index (κ1) is 18.7. The fourth-order valence-corrected chi connectivity index (χ4v) is 2.26. The van der Waals surface area contributed by atoms with Crippen molar-refractivity contribution in [3.05, 3.63) is 59.7 Å². The summed E-state index contributed by atoms with van der Waals surface area (Å²) in [7, 11) is 1.75. The van der Waals surface area contributed by atoms with E-state index in [0.717, 1.165) is 22.6 Å². The maximum Gasteiger partial charge on any atom is 0.387 e. The van der Waals surface area contributed by atoms with Crippen LogP contribution >= 0.6 is 0 Å². The van der Waals surface area contributed by atoms with E-state index in [2.05, 4.69) is 10.1 Å². The van der Waals surface area contributed by atoms with Gasteiger partial charge in [-0.25, -0.2) is 8.78 Å². The van der Waals surface area contributed by atoms with Crippen molar-refractivity contribution in [2.45, 2.75) is 13.2 Å². The lowest BCUT2D eigenvalue weighted by Gasteiger charge is -2.14. The molecule has 134 valence electrons. The zero-order valence-electron chi connectivity index (χ0n) is 13.4. The van der Waals surface area contributed by atoms with E-state index in [1.54, 1.807) is 19.2 Å². The third-order valence-electron chi connectivity index (χ3n) is 3.32. The van der Waals surface area contributed by atoms with Crippen molar-refractivity contribution >= 4 is 11.6 Å². The minimum Gasteiger partial charge on any atom is -0.435 e. The Balaban J connectivity index is 1.86. The number of amides is 1. The molecule has 1 unspecified atom stereocenters. The summed E-state index contributed by atoms with van der Waals surface area (Å²) in [4.78, 5) is 12.7. The number of nitrogens with one attached hydrogen (secondary N) is 2. The predicted octanol–water partition coefficient (Wildman–Crippen LogP) is 2.22. The molecule has 0 spiro atoms. The molecular weight excluding hydrogens is 340 g/mol. The first-order valence-corrected chi connectivity index (χ1v) is 7.43. The Kier molecular flexibility index (Phi) is 6.35. The van der Waals surface area contributed by atoms with E-state index >= 15 is 0 Å². The minimum absolute atomic E-state index is 0.0477. The summed E-state index contributed by atoms with van der Waals surface area (Å²) in [5.74, 6) is -1.94. The number of benzene rings is 2. The monoisotopic (exact) mass is 357 g/mol. The highest BCUT2D eigenvalue weighted by atomic mass is 19.3. The quantitative estimate of drug-likeness (QED) is 0.747. The van der Waals surface area contributed by atoms with Crippen LogP contribution < -0.4 is 15.0 Å². The first-order chi connectivity index (χ1) is 11.8. The lowest BCUT2D eigenvalue weighted by Crippen LogP contribution is -3.08. The van der Waals surface area contributed by atoms with E-state index in [1.165, 1.54) is 12.1 Å². The third kappa shape index (κ3) is 6.07. The van der Waals surface area contributed by atoms with Crippen molar-refractivity contribution in [1.29, 1.82) is 0 Å². The summed E-state index contributed by atoms with van der Waals surface area (Å²) in [5.41, 5.74) is 0.729. The zero-order chi connectivity index (χ0) is 18.4. The Hall–Kier alpha value is -2.61. The molecule has 0 aromatic heterocycles. The molecule has 4 nitrogen and oxygen atoms in total. The van der Waals surface area contributed by atoms with Gasteiger partial charge in [0.2, 0.25) is 0 Å². The molecule has 2 N–H and O–H groups in total. The molecule has 0 bridgehead atoms. The summed E-state index contributed by atoms with van der Waals surface area (Å²) >= 11 is 0. The smallest absolute Gasteiger partial charge is 0.387 e. The minimum atomic E-state index is -2.88. The van der Waals surface area contributed by atoms with E-state index in [-0.39, 0.29) is 18.0 Å². The second-order valence-electron chi connectivity index (χ2n) is 5.51. The van der Waals surface area contributed by atoms with Gasteiger partial charge in [-0.1, -0.05) is 0 Å². The van der Waals surface area contributed by atoms with Crippen molar-refractivity contribution < 1.29 is 32.0 Å². The summed E-state index contributed by atoms with van der Waals surface area (Å²) < 4.78 is 54.8. The normalized spacial score (nSPS) is 12.1. The van der Waals surface area contributed by atoms with Gasteiger partial charge in [0.1, 0.15) is 23.9 Å². The summed E-state index contributed by atoms with van der Waals surface area (Å²) in [6.07, 6.45) is 0. The Bertz CT molecular complexity index is 723. The molecule has 8 heteroatoms. The van der Waals surface area contributed by atoms with Crippen molar-refractivity contribution in [1.82, 2.24) is 0 Å². The SMILES string of the molecule is C[NH+](CC(=O)Nc1ccc(F)cc1F)Cc1ccc(OC(F)F)cc1. The van der Waals surface area contributed by atoms with Crippen LogP contribution in [0.2, 0.25) is 0 Å². The van der Waals surface area contributed by atoms with Gasteiger partial charge in [-0.15, -0.1) is 0 Å². The molecule has 2 rings (SSSR count). The molecule has 0 aliphatic rings. The van der Waals surface area contributed by atoms with Crippen LogP contribution in [0.3, 0.4) is 0 Å². The molecule has 0 saturated heterocycles. The van der Waals surface area contributed by atoms with E-state index in [0.29, 0.717) is 12.6 Å². The van der Waals surface area contributed by atoms with Crippen LogP contribution in [0.1, 0.15) is 5.56 Å². The molecule has 0 saturated carbocycles. The highest BCUT2D eigenvalue weighted by molar-refractivity contribution is 5.91. The number of hydrogen-bond donors (Lipinski definition) is 2. The average molecular weight is 357 g/mol. The van der Waals surface area contributed by atoms with Crippen molar-refractivity contribution in [3.63, 3.8) is 0 Å². The van der Waals surface area contributed by atoms with Crippen molar-refractivity contribution in [2.24, 2.45) is 0 Å². The fourth-order valence-electron chi connectivity index (χ4n) is 2.26. The predicted molar refractivity (Wildman–Crippen MR) is 83.5 cm³/mol. The number of hydrogen-bond acceptors (Lipinski definition) is 2. The molecule has 2 aromatic rings. The number of carbonyl (C=O) groups excluding carboxylic acids is 1. The van der Waals surface area contributed by atoms with Gasteiger partial charge in [-0.3, -0.25) is 4.79 Å². The number of alkyl halides is 2. The Morgan fingerprint density at radius 2 is 1.84 bits per heavy atom. The van der Waals surface area contributed by atoms with Gasteiger partial charge in [0.05, 0.1) is 12.7 Å². The van der Waals surface area contributed by atoms with Gasteiger partial charge < -0.3 is 15.0 Å². The lowest BCUT2D eigenvalue weighted by atomic mass is 10.2. The van der Waals surface area contributed by atoms with Crippen molar-refractivity contribution in [3.8, 4) is 5.75 Å². The summed E-state index contributed by atoms with van der Waals surface area (Å²) in [6, 6.07) is 8.98. The zero-order valence-corrected chi connectivity index (χ0v) is 13.4. The van der Waals surface area contributed by atoms with Gasteiger partial charge in [0.25, 0.3) is 5.91 Å². The second kappa shape index (κ2) is 8.48. The second-order valence-corrected chi connectivity index (χ2v) is 5.51. The van der Waals surface area contributed by atoms with Crippen LogP contribution in [0.5, 0.6) is 5.75 Å². The molecule has 25 heavy (non-hydrogen) atoms. The molecule has 0 fully saturated rings. The third-order valence-corrected chi connectivity index (χ3v) is 3.32. The van der Waals surface area contributed by atoms with E-state index in [1.807, 2.05) is 0 Å². The number of quaternary nitrogens is 1. The van der Waals surface area contributed by atoms with Crippen LogP contribution in [-0.4, -0.2) is 26.1 Å². The molecule has 0 aliphatic heterocycles. The van der Waals surface area contributed by atoms with Gasteiger partial charge in [-0.05, 0) is 36.4 Å². The standard InChI is InChI=1S/C17H16F4N2O2/c1-23(9-11-2-5-13(6-3-11)25-17(20)21)10-16(24)22-15-7-4-12(18)8-14(15)19/h2-8,17H,9-10H2,1H3,(H,22,24)/p+1. The average Bonchev–Trinajstić information content (AvgIpc) is 2.51. The number of ether oxygens (including phenoxy) is 1. The summed E-state index contributed by atoms with van der Waals surface area (Å²) in [5, 5.41) is 2.38. The lowest BCUT2D eigenvalue weighted by molar-refractivity contribution is -0.885. The van der Waals surface area contributed by atoms with Crippen molar-refractivity contribution in [2.75, 3.05) is 18.9 Å². The first-order valence-electron chi connectivity index (χ1n) is 7.43. The number of rotatable bonds is 7. The maximum atomic E-state index is 13.5. The van der Waals surface area contributed by atoms with Gasteiger partial charge in [0.15, 0.2) is 6.54 Å². The van der Waals surface area contributed by atoms with Gasteiger partial charge in [-0.2, -0.15) is 8.78 Å². The Morgan fingerprint density at radius 3 is 2.44 bits per heavy atom. The van der Waals surface area contributed by atoms with E-state index < -0.39 is 24.2 Å². The number of halogens is 4. The van der Waals surface area contributed by atoms with E-state index in [4.69, 9.17) is 0 Å². The topological polar surface area (TPSA) is 42.8 Å². The maximum absolute atomic E-state index is 13.5. The molecular formula is C17H17F4N2O2+. The van der Waals surface area contributed by atoms with Gasteiger partial charge >= 0.3 is 6.61 Å². The van der Waals surface area contributed by atoms with Crippen LogP contribution in [-0.2, 0) is 11.3 Å². The molecule has 1 amide bonds. The number of anilines is 1. The highest BCUT2D eigenvalue weighted by Crippen LogP contribution is 2.15. The highest BCUT2D eigenvalue weighted by Gasteiger charge is 2.13. The molecule has 0 aliphatic carbocycles. The fraction of sp³-hybridized carbons (Fsp3) is 0.235.